The SMILES string of the molecule is O=C(NCC1CCN(c2ccc(F)c(F)c2)C1)C1CCCN(C(=O)c2ccc(F)cc2)C1. The van der Waals surface area contributed by atoms with Crippen LogP contribution in [0.25, 0.3) is 0 Å². The first kappa shape index (κ1) is 22.2. The topological polar surface area (TPSA) is 52.7 Å². The van der Waals surface area contributed by atoms with Gasteiger partial charge in [0.1, 0.15) is 5.82 Å². The molecule has 2 atom stereocenters. The van der Waals surface area contributed by atoms with Crippen molar-refractivity contribution in [1.29, 1.82) is 0 Å². The highest BCUT2D eigenvalue weighted by Crippen LogP contribution is 2.25. The van der Waals surface area contributed by atoms with Crippen LogP contribution in [-0.2, 0) is 4.79 Å². The minimum Gasteiger partial charge on any atom is -0.371 e. The normalized spacial score (nSPS) is 21.0. The molecule has 2 aliphatic heterocycles. The molecule has 2 unspecified atom stereocenters. The Bertz CT molecular complexity index is 983. The van der Waals surface area contributed by atoms with E-state index in [1.54, 1.807) is 11.0 Å². The van der Waals surface area contributed by atoms with Gasteiger partial charge in [-0.1, -0.05) is 0 Å². The summed E-state index contributed by atoms with van der Waals surface area (Å²) in [6.07, 6.45) is 2.29. The summed E-state index contributed by atoms with van der Waals surface area (Å²) in [5.74, 6) is -2.46. The first-order valence-electron chi connectivity index (χ1n) is 10.9. The summed E-state index contributed by atoms with van der Waals surface area (Å²) in [5.41, 5.74) is 1.05. The molecule has 0 bridgehead atoms. The Balaban J connectivity index is 1.27. The number of nitrogens with zero attached hydrogens (tertiary/aromatic N) is 2. The highest BCUT2D eigenvalue weighted by Gasteiger charge is 2.30. The fourth-order valence-electron chi connectivity index (χ4n) is 4.46. The lowest BCUT2D eigenvalue weighted by Gasteiger charge is -2.32. The number of amides is 2. The van der Waals surface area contributed by atoms with Crippen molar-refractivity contribution in [2.24, 2.45) is 11.8 Å². The fourth-order valence-corrected chi connectivity index (χ4v) is 4.46. The zero-order chi connectivity index (χ0) is 22.7. The number of carbonyl (C=O) groups excluding carboxylic acids is 2. The van der Waals surface area contributed by atoms with Crippen LogP contribution in [-0.4, -0.2) is 49.4 Å². The van der Waals surface area contributed by atoms with E-state index in [-0.39, 0.29) is 23.7 Å². The predicted octanol–water partition coefficient (Wildman–Crippen LogP) is 3.60. The summed E-state index contributed by atoms with van der Waals surface area (Å²) < 4.78 is 39.8. The average molecular weight is 445 g/mol. The molecular weight excluding hydrogens is 419 g/mol. The number of rotatable bonds is 5. The Kier molecular flexibility index (Phi) is 6.67. The van der Waals surface area contributed by atoms with Gasteiger partial charge in [-0.2, -0.15) is 0 Å². The van der Waals surface area contributed by atoms with Crippen LogP contribution in [0.1, 0.15) is 29.6 Å². The summed E-state index contributed by atoms with van der Waals surface area (Å²) in [5, 5.41) is 3.01. The van der Waals surface area contributed by atoms with E-state index >= 15 is 0 Å². The number of benzene rings is 2. The maximum absolute atomic E-state index is 13.5. The molecule has 5 nitrogen and oxygen atoms in total. The molecular formula is C24H26F3N3O2. The van der Waals surface area contributed by atoms with Crippen molar-refractivity contribution in [2.45, 2.75) is 19.3 Å². The van der Waals surface area contributed by atoms with Gasteiger partial charge in [0, 0.05) is 50.0 Å². The van der Waals surface area contributed by atoms with Crippen molar-refractivity contribution in [3.63, 3.8) is 0 Å². The van der Waals surface area contributed by atoms with E-state index in [1.807, 2.05) is 4.90 Å². The maximum Gasteiger partial charge on any atom is 0.253 e. The van der Waals surface area contributed by atoms with Crippen molar-refractivity contribution in [3.8, 4) is 0 Å². The van der Waals surface area contributed by atoms with E-state index in [1.165, 1.54) is 30.3 Å². The summed E-state index contributed by atoms with van der Waals surface area (Å²) in [6.45, 7) is 2.79. The van der Waals surface area contributed by atoms with Crippen LogP contribution in [0.15, 0.2) is 42.5 Å². The van der Waals surface area contributed by atoms with Gasteiger partial charge in [-0.25, -0.2) is 13.2 Å². The van der Waals surface area contributed by atoms with Gasteiger partial charge in [0.15, 0.2) is 11.6 Å². The van der Waals surface area contributed by atoms with Gasteiger partial charge in [0.2, 0.25) is 5.91 Å². The smallest absolute Gasteiger partial charge is 0.253 e. The Labute approximate surface area is 185 Å². The second-order valence-electron chi connectivity index (χ2n) is 8.54. The van der Waals surface area contributed by atoms with Crippen molar-refractivity contribution >= 4 is 17.5 Å². The minimum absolute atomic E-state index is 0.0760. The van der Waals surface area contributed by atoms with Crippen LogP contribution in [0.2, 0.25) is 0 Å². The molecule has 0 radical (unpaired) electrons. The molecule has 32 heavy (non-hydrogen) atoms. The van der Waals surface area contributed by atoms with Crippen molar-refractivity contribution in [1.82, 2.24) is 10.2 Å². The van der Waals surface area contributed by atoms with Gasteiger partial charge in [0.25, 0.3) is 5.91 Å². The highest BCUT2D eigenvalue weighted by atomic mass is 19.2. The Morgan fingerprint density at radius 2 is 1.72 bits per heavy atom. The fraction of sp³-hybridized carbons (Fsp3) is 0.417. The lowest BCUT2D eigenvalue weighted by Crippen LogP contribution is -2.46. The molecule has 0 spiro atoms. The predicted molar refractivity (Wildman–Crippen MR) is 115 cm³/mol. The molecule has 2 aromatic rings. The second-order valence-corrected chi connectivity index (χ2v) is 8.54. The standard InChI is InChI=1S/C24H26F3N3O2/c25-19-5-3-17(4-6-19)24(32)30-10-1-2-18(15-30)23(31)28-13-16-9-11-29(14-16)20-7-8-21(26)22(27)12-20/h3-8,12,16,18H,1-2,9-11,13-15H2,(H,28,31). The maximum atomic E-state index is 13.5. The molecule has 2 heterocycles. The highest BCUT2D eigenvalue weighted by molar-refractivity contribution is 5.94. The van der Waals surface area contributed by atoms with Crippen molar-refractivity contribution in [3.05, 3.63) is 65.5 Å². The van der Waals surface area contributed by atoms with Gasteiger partial charge in [-0.3, -0.25) is 9.59 Å². The van der Waals surface area contributed by atoms with Crippen LogP contribution in [0, 0.1) is 29.3 Å². The van der Waals surface area contributed by atoms with E-state index < -0.39 is 17.5 Å². The van der Waals surface area contributed by atoms with Crippen LogP contribution < -0.4 is 10.2 Å². The first-order chi connectivity index (χ1) is 15.4. The van der Waals surface area contributed by atoms with Crippen LogP contribution in [0.3, 0.4) is 0 Å². The molecule has 1 N–H and O–H groups in total. The molecule has 2 amide bonds. The van der Waals surface area contributed by atoms with E-state index in [0.717, 1.165) is 25.5 Å². The van der Waals surface area contributed by atoms with E-state index in [9.17, 15) is 22.8 Å². The number of hydrogen-bond acceptors (Lipinski definition) is 3. The van der Waals surface area contributed by atoms with Crippen LogP contribution >= 0.6 is 0 Å². The summed E-state index contributed by atoms with van der Waals surface area (Å²) in [6, 6.07) is 9.32. The molecule has 0 aliphatic carbocycles. The Morgan fingerprint density at radius 3 is 2.47 bits per heavy atom. The number of piperidine rings is 1. The third kappa shape index (κ3) is 5.06. The number of anilines is 1. The Morgan fingerprint density at radius 1 is 0.938 bits per heavy atom. The van der Waals surface area contributed by atoms with Gasteiger partial charge < -0.3 is 15.1 Å². The van der Waals surface area contributed by atoms with Crippen LogP contribution in [0.5, 0.6) is 0 Å². The molecule has 2 aromatic carbocycles. The largest absolute Gasteiger partial charge is 0.371 e. The molecule has 0 saturated carbocycles. The molecule has 2 fully saturated rings. The summed E-state index contributed by atoms with van der Waals surface area (Å²) in [7, 11) is 0. The van der Waals surface area contributed by atoms with E-state index in [4.69, 9.17) is 0 Å². The zero-order valence-corrected chi connectivity index (χ0v) is 17.7. The molecule has 2 saturated heterocycles. The summed E-state index contributed by atoms with van der Waals surface area (Å²) in [4.78, 5) is 29.1. The quantitative estimate of drug-likeness (QED) is 0.765. The van der Waals surface area contributed by atoms with Gasteiger partial charge >= 0.3 is 0 Å². The molecule has 8 heteroatoms. The minimum atomic E-state index is -0.865. The third-order valence-electron chi connectivity index (χ3n) is 6.29. The average Bonchev–Trinajstić information content (AvgIpc) is 3.28. The van der Waals surface area contributed by atoms with E-state index in [2.05, 4.69) is 5.32 Å². The van der Waals surface area contributed by atoms with Gasteiger partial charge in [0.05, 0.1) is 5.92 Å². The first-order valence-corrected chi connectivity index (χ1v) is 10.9. The number of halogens is 3. The monoisotopic (exact) mass is 445 g/mol. The lowest BCUT2D eigenvalue weighted by atomic mass is 9.96. The number of nitrogens with one attached hydrogen (secondary N) is 1. The lowest BCUT2D eigenvalue weighted by molar-refractivity contribution is -0.126. The molecule has 4 rings (SSSR count). The van der Waals surface area contributed by atoms with Gasteiger partial charge in [-0.05, 0) is 61.6 Å². The van der Waals surface area contributed by atoms with E-state index in [0.29, 0.717) is 43.9 Å². The van der Waals surface area contributed by atoms with Crippen molar-refractivity contribution in [2.75, 3.05) is 37.6 Å². The summed E-state index contributed by atoms with van der Waals surface area (Å²) >= 11 is 0. The third-order valence-corrected chi connectivity index (χ3v) is 6.29. The number of hydrogen-bond donors (Lipinski definition) is 1. The number of likely N-dealkylation sites (tertiary alicyclic amines) is 1. The van der Waals surface area contributed by atoms with Crippen LogP contribution in [0.4, 0.5) is 18.9 Å². The molecule has 2 aliphatic rings. The van der Waals surface area contributed by atoms with Gasteiger partial charge in [-0.15, -0.1) is 0 Å². The zero-order valence-electron chi connectivity index (χ0n) is 17.7. The number of carbonyl (C=O) groups is 2. The molecule has 170 valence electrons. The molecule has 0 aromatic heterocycles. The Hall–Kier alpha value is -3.03. The van der Waals surface area contributed by atoms with Crippen molar-refractivity contribution < 1.29 is 22.8 Å². The second kappa shape index (κ2) is 9.63.